The Morgan fingerprint density at radius 1 is 1.53 bits per heavy atom. The van der Waals surface area contributed by atoms with Gasteiger partial charge in [-0.25, -0.2) is 0 Å². The summed E-state index contributed by atoms with van der Waals surface area (Å²) in [5.41, 5.74) is 0. The Balaban J connectivity index is 1.65. The van der Waals surface area contributed by atoms with Crippen molar-refractivity contribution in [3.63, 3.8) is 0 Å². The highest BCUT2D eigenvalue weighted by molar-refractivity contribution is 4.89. The third-order valence-electron chi connectivity index (χ3n) is 3.00. The van der Waals surface area contributed by atoms with E-state index in [1.54, 1.807) is 0 Å². The van der Waals surface area contributed by atoms with E-state index in [1.165, 1.54) is 12.8 Å². The Hall–Kier alpha value is -0.940. The van der Waals surface area contributed by atoms with Gasteiger partial charge in [0.25, 0.3) is 0 Å². The van der Waals surface area contributed by atoms with E-state index in [2.05, 4.69) is 22.4 Å². The van der Waals surface area contributed by atoms with E-state index < -0.39 is 0 Å². The third-order valence-corrected chi connectivity index (χ3v) is 3.00. The van der Waals surface area contributed by atoms with Crippen LogP contribution >= 0.6 is 0 Å². The van der Waals surface area contributed by atoms with E-state index in [9.17, 15) is 0 Å². The molecule has 1 atom stereocenters. The van der Waals surface area contributed by atoms with Crippen LogP contribution in [0.15, 0.2) is 4.52 Å². The Morgan fingerprint density at radius 2 is 2.35 bits per heavy atom. The average molecular weight is 239 g/mol. The van der Waals surface area contributed by atoms with Crippen LogP contribution in [-0.4, -0.2) is 36.4 Å². The largest absolute Gasteiger partial charge is 0.381 e. The number of hydrogen-bond donors (Lipinski definition) is 1. The van der Waals surface area contributed by atoms with E-state index in [0.717, 1.165) is 24.8 Å². The first-order chi connectivity index (χ1) is 8.28. The van der Waals surface area contributed by atoms with Gasteiger partial charge in [-0.1, -0.05) is 5.16 Å². The van der Waals surface area contributed by atoms with Gasteiger partial charge in [0.15, 0.2) is 5.82 Å². The fourth-order valence-electron chi connectivity index (χ4n) is 1.54. The first-order valence-electron chi connectivity index (χ1n) is 6.34. The predicted molar refractivity (Wildman–Crippen MR) is 63.8 cm³/mol. The molecule has 2 rings (SSSR count). The van der Waals surface area contributed by atoms with Crippen LogP contribution in [0.3, 0.4) is 0 Å². The molecule has 0 radical (unpaired) electrons. The fourth-order valence-corrected chi connectivity index (χ4v) is 1.54. The van der Waals surface area contributed by atoms with Gasteiger partial charge >= 0.3 is 0 Å². The maximum atomic E-state index is 5.53. The van der Waals surface area contributed by atoms with Gasteiger partial charge < -0.3 is 14.6 Å². The van der Waals surface area contributed by atoms with Crippen LogP contribution in [0.25, 0.3) is 0 Å². The number of nitrogens with one attached hydrogen (secondary N) is 1. The average Bonchev–Trinajstić information content (AvgIpc) is 3.05. The van der Waals surface area contributed by atoms with Crippen molar-refractivity contribution < 1.29 is 9.26 Å². The van der Waals surface area contributed by atoms with Crippen molar-refractivity contribution in [3.8, 4) is 0 Å². The van der Waals surface area contributed by atoms with Crippen LogP contribution in [-0.2, 0) is 17.6 Å². The molecule has 1 aliphatic rings. The van der Waals surface area contributed by atoms with Crippen molar-refractivity contribution in [2.24, 2.45) is 5.92 Å². The van der Waals surface area contributed by atoms with Crippen LogP contribution in [0.2, 0.25) is 0 Å². The molecule has 0 bridgehead atoms. The van der Waals surface area contributed by atoms with E-state index in [0.29, 0.717) is 25.0 Å². The molecule has 1 aromatic heterocycles. The van der Waals surface area contributed by atoms with Crippen molar-refractivity contribution in [2.45, 2.75) is 38.6 Å². The number of hydrogen-bond acceptors (Lipinski definition) is 5. The highest BCUT2D eigenvalue weighted by Gasteiger charge is 2.21. The van der Waals surface area contributed by atoms with Gasteiger partial charge in [0, 0.05) is 19.1 Å². The van der Waals surface area contributed by atoms with Gasteiger partial charge in [-0.2, -0.15) is 4.98 Å². The van der Waals surface area contributed by atoms with Gasteiger partial charge in [0.2, 0.25) is 5.89 Å². The molecule has 0 amide bonds. The smallest absolute Gasteiger partial charge is 0.228 e. The van der Waals surface area contributed by atoms with Crippen molar-refractivity contribution in [1.29, 1.82) is 0 Å². The molecule has 1 unspecified atom stereocenters. The summed E-state index contributed by atoms with van der Waals surface area (Å²) in [5.74, 6) is 2.26. The molecule has 1 fully saturated rings. The van der Waals surface area contributed by atoms with Crippen LogP contribution in [0.5, 0.6) is 0 Å². The second-order valence-electron chi connectivity index (χ2n) is 4.77. The van der Waals surface area contributed by atoms with E-state index in [4.69, 9.17) is 9.26 Å². The molecule has 0 saturated heterocycles. The number of aromatic nitrogens is 2. The van der Waals surface area contributed by atoms with Gasteiger partial charge in [-0.05, 0) is 32.7 Å². The SMILES string of the molecule is CNC(C)Cc1noc(CCOCC2CC2)n1. The number of likely N-dealkylation sites (N-methyl/N-ethyl adjacent to an activating group) is 1. The Bertz CT molecular complexity index is 336. The second kappa shape index (κ2) is 6.12. The lowest BCUT2D eigenvalue weighted by molar-refractivity contribution is 0.122. The molecular formula is C12H21N3O2. The van der Waals surface area contributed by atoms with Crippen molar-refractivity contribution in [2.75, 3.05) is 20.3 Å². The molecule has 0 spiro atoms. The van der Waals surface area contributed by atoms with Crippen LogP contribution in [0.4, 0.5) is 0 Å². The summed E-state index contributed by atoms with van der Waals surface area (Å²) in [6, 6.07) is 0.367. The molecule has 1 aliphatic carbocycles. The van der Waals surface area contributed by atoms with Gasteiger partial charge in [-0.15, -0.1) is 0 Å². The molecule has 0 aromatic carbocycles. The lowest BCUT2D eigenvalue weighted by Crippen LogP contribution is -2.24. The second-order valence-corrected chi connectivity index (χ2v) is 4.77. The predicted octanol–water partition coefficient (Wildman–Crippen LogP) is 1.19. The van der Waals surface area contributed by atoms with Gasteiger partial charge in [0.1, 0.15) is 0 Å². The summed E-state index contributed by atoms with van der Waals surface area (Å²) in [7, 11) is 1.93. The van der Waals surface area contributed by atoms with Crippen LogP contribution in [0.1, 0.15) is 31.5 Å². The van der Waals surface area contributed by atoms with Crippen LogP contribution < -0.4 is 5.32 Å². The zero-order valence-corrected chi connectivity index (χ0v) is 10.6. The molecule has 96 valence electrons. The lowest BCUT2D eigenvalue weighted by Gasteiger charge is -2.04. The monoisotopic (exact) mass is 239 g/mol. The Kier molecular flexibility index (Phi) is 4.50. The molecular weight excluding hydrogens is 218 g/mol. The summed E-state index contributed by atoms with van der Waals surface area (Å²) in [5, 5.41) is 7.10. The summed E-state index contributed by atoms with van der Waals surface area (Å²) >= 11 is 0. The zero-order valence-electron chi connectivity index (χ0n) is 10.6. The number of rotatable bonds is 8. The minimum Gasteiger partial charge on any atom is -0.381 e. The molecule has 1 saturated carbocycles. The summed E-state index contributed by atoms with van der Waals surface area (Å²) in [6.07, 6.45) is 4.16. The van der Waals surface area contributed by atoms with E-state index in [-0.39, 0.29) is 0 Å². The van der Waals surface area contributed by atoms with E-state index >= 15 is 0 Å². The normalized spacial score (nSPS) is 17.3. The summed E-state index contributed by atoms with van der Waals surface area (Å²) < 4.78 is 10.7. The Labute approximate surface area is 102 Å². The standard InChI is InChI=1S/C12H21N3O2/c1-9(13-2)7-11-14-12(17-15-11)5-6-16-8-10-3-4-10/h9-10,13H,3-8H2,1-2H3. The van der Waals surface area contributed by atoms with Crippen LogP contribution in [0, 0.1) is 5.92 Å². The Morgan fingerprint density at radius 3 is 3.06 bits per heavy atom. The molecule has 1 aromatic rings. The minimum atomic E-state index is 0.367. The molecule has 1 N–H and O–H groups in total. The molecule has 0 aliphatic heterocycles. The van der Waals surface area contributed by atoms with Gasteiger partial charge in [-0.3, -0.25) is 0 Å². The number of ether oxygens (including phenoxy) is 1. The van der Waals surface area contributed by atoms with Crippen molar-refractivity contribution >= 4 is 0 Å². The molecule has 17 heavy (non-hydrogen) atoms. The van der Waals surface area contributed by atoms with E-state index in [1.807, 2.05) is 7.05 Å². The molecule has 5 nitrogen and oxygen atoms in total. The lowest BCUT2D eigenvalue weighted by atomic mass is 10.2. The maximum absolute atomic E-state index is 5.53. The fraction of sp³-hybridized carbons (Fsp3) is 0.833. The topological polar surface area (TPSA) is 60.2 Å². The highest BCUT2D eigenvalue weighted by atomic mass is 16.5. The highest BCUT2D eigenvalue weighted by Crippen LogP contribution is 2.28. The molecule has 5 heteroatoms. The zero-order chi connectivity index (χ0) is 12.1. The third kappa shape index (κ3) is 4.44. The number of nitrogens with zero attached hydrogens (tertiary/aromatic N) is 2. The van der Waals surface area contributed by atoms with Crippen molar-refractivity contribution in [3.05, 3.63) is 11.7 Å². The summed E-state index contributed by atoms with van der Waals surface area (Å²) in [4.78, 5) is 4.33. The quantitative estimate of drug-likeness (QED) is 0.690. The first kappa shape index (κ1) is 12.5. The summed E-state index contributed by atoms with van der Waals surface area (Å²) in [6.45, 7) is 3.66. The van der Waals surface area contributed by atoms with Gasteiger partial charge in [0.05, 0.1) is 13.0 Å². The first-order valence-corrected chi connectivity index (χ1v) is 6.34. The van der Waals surface area contributed by atoms with Crippen molar-refractivity contribution in [1.82, 2.24) is 15.5 Å². The maximum Gasteiger partial charge on any atom is 0.228 e. The minimum absolute atomic E-state index is 0.367. The molecule has 1 heterocycles.